The summed E-state index contributed by atoms with van der Waals surface area (Å²) < 4.78 is 18.8. The van der Waals surface area contributed by atoms with Crippen LogP contribution in [0, 0.1) is 11.3 Å². The van der Waals surface area contributed by atoms with Crippen molar-refractivity contribution in [2.45, 2.75) is 57.1 Å². The van der Waals surface area contributed by atoms with Crippen LogP contribution in [0.4, 0.5) is 0 Å². The van der Waals surface area contributed by atoms with Gasteiger partial charge in [0.25, 0.3) is 0 Å². The Bertz CT molecular complexity index is 1970. The number of aromatic nitrogens is 1. The second kappa shape index (κ2) is 16.5. The van der Waals surface area contributed by atoms with Gasteiger partial charge in [0.1, 0.15) is 41.6 Å². The second-order valence-corrected chi connectivity index (χ2v) is 14.1. The van der Waals surface area contributed by atoms with Crippen LogP contribution in [0.2, 0.25) is 10.0 Å². The maximum Gasteiger partial charge on any atom is 0.326 e. The highest BCUT2D eigenvalue weighted by Gasteiger charge is 2.33. The summed E-state index contributed by atoms with van der Waals surface area (Å²) in [5.41, 5.74) is 4.03. The number of nitrogens with zero attached hydrogens (tertiary/aromatic N) is 3. The van der Waals surface area contributed by atoms with Crippen LogP contribution in [0.15, 0.2) is 67.0 Å². The lowest BCUT2D eigenvalue weighted by Gasteiger charge is -2.35. The Balaban J connectivity index is 1.21. The molecule has 0 radical (unpaired) electrons. The Hall–Kier alpha value is -4.41. The van der Waals surface area contributed by atoms with Crippen LogP contribution in [-0.2, 0) is 24.4 Å². The number of aliphatic carboxylic acids is 1. The van der Waals surface area contributed by atoms with Crippen LogP contribution in [0.25, 0.3) is 11.1 Å². The average molecular weight is 748 g/mol. The van der Waals surface area contributed by atoms with E-state index in [-0.39, 0.29) is 25.4 Å². The van der Waals surface area contributed by atoms with Gasteiger partial charge in [-0.05, 0) is 61.1 Å². The van der Waals surface area contributed by atoms with E-state index in [1.807, 2.05) is 30.3 Å². The number of nitriles is 1. The zero-order valence-electron chi connectivity index (χ0n) is 28.6. The van der Waals surface area contributed by atoms with Crippen LogP contribution in [0.1, 0.15) is 53.7 Å². The number of hydrogen-bond donors (Lipinski definition) is 4. The number of carbonyl (C=O) groups is 1. The quantitative estimate of drug-likeness (QED) is 0.101. The van der Waals surface area contributed by atoms with E-state index < -0.39 is 18.1 Å². The van der Waals surface area contributed by atoms with E-state index >= 15 is 0 Å². The van der Waals surface area contributed by atoms with Gasteiger partial charge in [0.15, 0.2) is 0 Å². The fourth-order valence-corrected chi connectivity index (χ4v) is 6.90. The number of aliphatic hydroxyl groups excluding tert-OH is 2. The number of rotatable bonds is 16. The van der Waals surface area contributed by atoms with E-state index in [0.717, 1.165) is 41.6 Å². The molecule has 52 heavy (non-hydrogen) atoms. The standard InChI is InChI=1S/C39H40Cl2N4O7/c1-39(23-46,38(48)49)44-19-26-14-32(40)36(15-35(26)51-22-25-13-24(16-42)17-43-18-25)52-33-10-9-29-28(5-2-6-30(29)33)31-7-3-8-34(37(31)41)50-12-4-11-45-20-27(47)21-45/h2-3,5-8,13-15,17-18,27,33,44,46-47H,4,9-12,19-23H2,1H3,(H,48,49)/t33-,39-/m0/s1. The van der Waals surface area contributed by atoms with Crippen LogP contribution >= 0.6 is 23.2 Å². The molecule has 1 aliphatic carbocycles. The first kappa shape index (κ1) is 37.4. The topological polar surface area (TPSA) is 157 Å². The van der Waals surface area contributed by atoms with E-state index in [0.29, 0.717) is 70.1 Å². The molecule has 0 unspecified atom stereocenters. The fourth-order valence-electron chi connectivity index (χ4n) is 6.39. The number of hydrogen-bond acceptors (Lipinski definition) is 10. The molecule has 0 amide bonds. The number of halogens is 2. The second-order valence-electron chi connectivity index (χ2n) is 13.3. The number of carboxylic acid groups (broad SMARTS) is 1. The van der Waals surface area contributed by atoms with Crippen molar-refractivity contribution in [3.05, 3.63) is 105 Å². The number of likely N-dealkylation sites (tertiary alicyclic amines) is 1. The molecule has 0 spiro atoms. The molecule has 272 valence electrons. The number of β-amino-alcohol motifs (C(OH)–C–C–N with tert-alkyl or cyclic N) is 1. The minimum Gasteiger partial charge on any atom is -0.492 e. The molecule has 1 fully saturated rings. The third kappa shape index (κ3) is 8.45. The largest absolute Gasteiger partial charge is 0.492 e. The first-order valence-corrected chi connectivity index (χ1v) is 17.8. The molecule has 4 aromatic rings. The normalized spacial score (nSPS) is 16.7. The van der Waals surface area contributed by atoms with Gasteiger partial charge < -0.3 is 29.5 Å². The molecular formula is C39H40Cl2N4O7. The van der Waals surface area contributed by atoms with Gasteiger partial charge in [-0.25, -0.2) is 0 Å². The van der Waals surface area contributed by atoms with Crippen molar-refractivity contribution in [1.82, 2.24) is 15.2 Å². The number of carboxylic acids is 1. The van der Waals surface area contributed by atoms with Crippen molar-refractivity contribution in [1.29, 1.82) is 5.26 Å². The SMILES string of the molecule is C[C@@](CO)(NCc1cc(Cl)c(O[C@H]2CCc3c(-c4cccc(OCCCN5CC(O)C5)c4Cl)cccc32)cc1OCc1cncc(C#N)c1)C(=O)O. The minimum atomic E-state index is -1.59. The van der Waals surface area contributed by atoms with Crippen molar-refractivity contribution in [3.63, 3.8) is 0 Å². The van der Waals surface area contributed by atoms with Crippen LogP contribution in [-0.4, -0.2) is 75.7 Å². The minimum absolute atomic E-state index is 0.0247. The molecule has 2 atom stereocenters. The Kier molecular flexibility index (Phi) is 11.9. The molecular weight excluding hydrogens is 707 g/mol. The van der Waals surface area contributed by atoms with Crippen molar-refractivity contribution in [2.75, 3.05) is 32.8 Å². The molecule has 1 aliphatic heterocycles. The first-order chi connectivity index (χ1) is 25.1. The van der Waals surface area contributed by atoms with Gasteiger partial charge in [0.2, 0.25) is 0 Å². The lowest BCUT2D eigenvalue weighted by atomic mass is 9.96. The van der Waals surface area contributed by atoms with Crippen molar-refractivity contribution in [2.24, 2.45) is 0 Å². The molecule has 1 aromatic heterocycles. The molecule has 2 aliphatic rings. The Labute approximate surface area is 312 Å². The lowest BCUT2D eigenvalue weighted by Crippen LogP contribution is -2.52. The third-order valence-corrected chi connectivity index (χ3v) is 10.1. The van der Waals surface area contributed by atoms with Crippen LogP contribution in [0.5, 0.6) is 17.2 Å². The zero-order chi connectivity index (χ0) is 36.8. The lowest BCUT2D eigenvalue weighted by molar-refractivity contribution is -0.145. The van der Waals surface area contributed by atoms with Gasteiger partial charge in [0, 0.05) is 61.3 Å². The molecule has 1 saturated heterocycles. The molecule has 3 aromatic carbocycles. The van der Waals surface area contributed by atoms with E-state index in [2.05, 4.69) is 27.3 Å². The number of aliphatic hydroxyl groups is 2. The molecule has 0 saturated carbocycles. The van der Waals surface area contributed by atoms with Crippen LogP contribution < -0.4 is 19.5 Å². The summed E-state index contributed by atoms with van der Waals surface area (Å²) in [6.07, 6.45) is 4.80. The summed E-state index contributed by atoms with van der Waals surface area (Å²) in [5, 5.41) is 42.0. The summed E-state index contributed by atoms with van der Waals surface area (Å²) in [4.78, 5) is 18.1. The maximum atomic E-state index is 11.8. The van der Waals surface area contributed by atoms with E-state index in [4.69, 9.17) is 37.4 Å². The number of benzene rings is 3. The maximum absolute atomic E-state index is 11.8. The summed E-state index contributed by atoms with van der Waals surface area (Å²) >= 11 is 13.7. The molecule has 13 heteroatoms. The molecule has 2 heterocycles. The van der Waals surface area contributed by atoms with E-state index in [1.165, 1.54) is 13.1 Å². The summed E-state index contributed by atoms with van der Waals surface area (Å²) in [6, 6.07) is 19.0. The van der Waals surface area contributed by atoms with Gasteiger partial charge in [0.05, 0.1) is 34.9 Å². The highest BCUT2D eigenvalue weighted by molar-refractivity contribution is 6.35. The van der Waals surface area contributed by atoms with Gasteiger partial charge in [-0.3, -0.25) is 20.0 Å². The Morgan fingerprint density at radius 2 is 1.87 bits per heavy atom. The summed E-state index contributed by atoms with van der Waals surface area (Å²) in [6.45, 7) is 3.66. The highest BCUT2D eigenvalue weighted by atomic mass is 35.5. The zero-order valence-corrected chi connectivity index (χ0v) is 30.2. The predicted molar refractivity (Wildman–Crippen MR) is 196 cm³/mol. The Morgan fingerprint density at radius 1 is 1.08 bits per heavy atom. The van der Waals surface area contributed by atoms with Crippen molar-refractivity contribution >= 4 is 29.2 Å². The molecule has 6 rings (SSSR count). The number of pyridine rings is 1. The smallest absolute Gasteiger partial charge is 0.326 e. The fraction of sp³-hybridized carbons (Fsp3) is 0.359. The van der Waals surface area contributed by atoms with E-state index in [9.17, 15) is 25.4 Å². The number of ether oxygens (including phenoxy) is 3. The first-order valence-electron chi connectivity index (χ1n) is 17.1. The third-order valence-electron chi connectivity index (χ3n) is 9.44. The van der Waals surface area contributed by atoms with Gasteiger partial charge in [-0.2, -0.15) is 5.26 Å². The number of fused-ring (bicyclic) bond motifs is 1. The van der Waals surface area contributed by atoms with Gasteiger partial charge in [-0.1, -0.05) is 53.5 Å². The molecule has 0 bridgehead atoms. The Morgan fingerprint density at radius 3 is 2.62 bits per heavy atom. The average Bonchev–Trinajstić information content (AvgIpc) is 3.55. The summed E-state index contributed by atoms with van der Waals surface area (Å²) in [5.74, 6) is 0.190. The highest BCUT2D eigenvalue weighted by Crippen LogP contribution is 2.45. The van der Waals surface area contributed by atoms with Gasteiger partial charge >= 0.3 is 5.97 Å². The predicted octanol–water partition coefficient (Wildman–Crippen LogP) is 5.94. The number of nitrogens with one attached hydrogen (secondary N) is 1. The van der Waals surface area contributed by atoms with Crippen molar-refractivity contribution in [3.8, 4) is 34.4 Å². The van der Waals surface area contributed by atoms with Gasteiger partial charge in [-0.15, -0.1) is 0 Å². The molecule has 4 N–H and O–H groups in total. The summed E-state index contributed by atoms with van der Waals surface area (Å²) in [7, 11) is 0. The molecule has 11 nitrogen and oxygen atoms in total. The van der Waals surface area contributed by atoms with Crippen LogP contribution in [0.3, 0.4) is 0 Å². The van der Waals surface area contributed by atoms with Crippen molar-refractivity contribution < 1.29 is 34.3 Å². The monoisotopic (exact) mass is 746 g/mol. The van der Waals surface area contributed by atoms with E-state index in [1.54, 1.807) is 24.4 Å².